The smallest absolute Gasteiger partial charge is 0.262 e. The quantitative estimate of drug-likeness (QED) is 0.169. The van der Waals surface area contributed by atoms with E-state index in [1.807, 2.05) is 19.1 Å². The van der Waals surface area contributed by atoms with Gasteiger partial charge in [0.1, 0.15) is 6.04 Å². The molecule has 1 aliphatic carbocycles. The van der Waals surface area contributed by atoms with Crippen molar-refractivity contribution in [3.63, 3.8) is 0 Å². The number of rotatable bonds is 10. The summed E-state index contributed by atoms with van der Waals surface area (Å²) in [7, 11) is 0. The number of hydrogen-bond acceptors (Lipinski definition) is 7. The fourth-order valence-corrected chi connectivity index (χ4v) is 5.52. The van der Waals surface area contributed by atoms with Crippen LogP contribution in [0.2, 0.25) is 5.02 Å². The standard InChI is InChI=1S/C27H31ClN6O2S/c1-16-23(12-19(28)14-31-16)32-15-21-7-9-25(37-21)27(36)34-24(10-17-4-2-3-5-17)26(35)33-20-6-8-22(30)18(11-20)13-29/h6-9,11-14,17,24,29,32H,2-5,10,15,30H2,1H3,(H,33,35)(H,34,36). The maximum atomic E-state index is 13.2. The van der Waals surface area contributed by atoms with Crippen molar-refractivity contribution in [2.45, 2.75) is 51.6 Å². The van der Waals surface area contributed by atoms with Crippen LogP contribution in [0.5, 0.6) is 0 Å². The molecule has 0 bridgehead atoms. The lowest BCUT2D eigenvalue weighted by molar-refractivity contribution is -0.118. The summed E-state index contributed by atoms with van der Waals surface area (Å²) >= 11 is 7.43. The van der Waals surface area contributed by atoms with Gasteiger partial charge in [-0.1, -0.05) is 37.3 Å². The largest absolute Gasteiger partial charge is 0.398 e. The number of aromatic nitrogens is 1. The first-order chi connectivity index (χ1) is 17.8. The molecule has 2 heterocycles. The van der Waals surface area contributed by atoms with Crippen molar-refractivity contribution in [2.24, 2.45) is 5.92 Å². The van der Waals surface area contributed by atoms with Gasteiger partial charge in [0.05, 0.1) is 21.3 Å². The molecular weight excluding hydrogens is 508 g/mol. The molecule has 3 aromatic rings. The van der Waals surface area contributed by atoms with Crippen molar-refractivity contribution in [3.8, 4) is 0 Å². The summed E-state index contributed by atoms with van der Waals surface area (Å²) in [6, 6.07) is 9.85. The Bertz CT molecular complexity index is 1290. The highest BCUT2D eigenvalue weighted by Gasteiger charge is 2.27. The number of carbonyl (C=O) groups is 2. The van der Waals surface area contributed by atoms with Crippen molar-refractivity contribution < 1.29 is 9.59 Å². The average molecular weight is 539 g/mol. The molecule has 0 radical (unpaired) electrons. The van der Waals surface area contributed by atoms with Gasteiger partial charge in [0.15, 0.2) is 0 Å². The first kappa shape index (κ1) is 26.6. The van der Waals surface area contributed by atoms with Crippen LogP contribution in [0.1, 0.15) is 57.9 Å². The number of nitrogens with one attached hydrogen (secondary N) is 4. The Kier molecular flexibility index (Phi) is 8.78. The molecule has 194 valence electrons. The molecule has 8 nitrogen and oxygen atoms in total. The van der Waals surface area contributed by atoms with Crippen LogP contribution in [0.15, 0.2) is 42.6 Å². The zero-order valence-electron chi connectivity index (χ0n) is 20.6. The number of nitrogen functional groups attached to an aromatic ring is 1. The van der Waals surface area contributed by atoms with Crippen LogP contribution in [0.3, 0.4) is 0 Å². The van der Waals surface area contributed by atoms with E-state index in [1.165, 1.54) is 11.3 Å². The minimum atomic E-state index is -0.666. The molecular formula is C27H31ClN6O2S. The van der Waals surface area contributed by atoms with Crippen molar-refractivity contribution in [1.82, 2.24) is 10.3 Å². The Morgan fingerprint density at radius 2 is 2.03 bits per heavy atom. The van der Waals surface area contributed by atoms with Gasteiger partial charge in [-0.25, -0.2) is 0 Å². The lowest BCUT2D eigenvalue weighted by Crippen LogP contribution is -2.44. The molecule has 1 atom stereocenters. The lowest BCUT2D eigenvalue weighted by atomic mass is 9.97. The predicted molar refractivity (Wildman–Crippen MR) is 151 cm³/mol. The first-order valence-corrected chi connectivity index (χ1v) is 13.5. The van der Waals surface area contributed by atoms with E-state index in [0.717, 1.165) is 48.2 Å². The maximum Gasteiger partial charge on any atom is 0.262 e. The number of thiophene rings is 1. The zero-order chi connectivity index (χ0) is 26.4. The van der Waals surface area contributed by atoms with Gasteiger partial charge in [0.2, 0.25) is 5.91 Å². The fraction of sp³-hybridized carbons (Fsp3) is 0.333. The van der Waals surface area contributed by atoms with Crippen molar-refractivity contribution in [1.29, 1.82) is 5.41 Å². The van der Waals surface area contributed by atoms with Gasteiger partial charge in [0, 0.05) is 40.8 Å². The molecule has 1 aliphatic rings. The molecule has 4 rings (SSSR count). The second-order valence-corrected chi connectivity index (χ2v) is 10.9. The number of halogens is 1. The Morgan fingerprint density at radius 3 is 2.78 bits per heavy atom. The monoisotopic (exact) mass is 538 g/mol. The number of amides is 2. The zero-order valence-corrected chi connectivity index (χ0v) is 22.2. The average Bonchev–Trinajstić information content (AvgIpc) is 3.57. The number of hydrogen-bond donors (Lipinski definition) is 5. The van der Waals surface area contributed by atoms with E-state index in [0.29, 0.717) is 45.7 Å². The van der Waals surface area contributed by atoms with Crippen molar-refractivity contribution in [2.75, 3.05) is 16.4 Å². The Labute approximate surface area is 225 Å². The molecule has 1 aromatic carbocycles. The molecule has 1 unspecified atom stereocenters. The minimum Gasteiger partial charge on any atom is -0.398 e. The van der Waals surface area contributed by atoms with Gasteiger partial charge >= 0.3 is 0 Å². The SMILES string of the molecule is Cc1ncc(Cl)cc1NCc1ccc(C(=O)NC(CC2CCCC2)C(=O)Nc2ccc(N)c(C=N)c2)s1. The number of aryl methyl sites for hydroxylation is 1. The van der Waals surface area contributed by atoms with Gasteiger partial charge in [-0.15, -0.1) is 11.3 Å². The van der Waals surface area contributed by atoms with Crippen LogP contribution in [-0.4, -0.2) is 29.1 Å². The Morgan fingerprint density at radius 1 is 1.24 bits per heavy atom. The van der Waals surface area contributed by atoms with Crippen LogP contribution < -0.4 is 21.7 Å². The van der Waals surface area contributed by atoms with Gasteiger partial charge in [-0.2, -0.15) is 0 Å². The van der Waals surface area contributed by atoms with Crippen molar-refractivity contribution >= 4 is 58.0 Å². The number of carbonyl (C=O) groups excluding carboxylic acids is 2. The van der Waals surface area contributed by atoms with E-state index < -0.39 is 6.04 Å². The molecule has 2 amide bonds. The molecule has 37 heavy (non-hydrogen) atoms. The third-order valence-electron chi connectivity index (χ3n) is 6.57. The summed E-state index contributed by atoms with van der Waals surface area (Å²) in [6.45, 7) is 2.43. The highest BCUT2D eigenvalue weighted by molar-refractivity contribution is 7.14. The molecule has 0 aliphatic heterocycles. The third-order valence-corrected chi connectivity index (χ3v) is 7.86. The van der Waals surface area contributed by atoms with Crippen LogP contribution >= 0.6 is 22.9 Å². The summed E-state index contributed by atoms with van der Waals surface area (Å²) in [5, 5.41) is 17.2. The van der Waals surface area contributed by atoms with Gasteiger partial charge < -0.3 is 27.1 Å². The Hall–Kier alpha value is -3.43. The second-order valence-electron chi connectivity index (χ2n) is 9.30. The topological polar surface area (TPSA) is 133 Å². The van der Waals surface area contributed by atoms with E-state index in [9.17, 15) is 9.59 Å². The third kappa shape index (κ3) is 7.08. The van der Waals surface area contributed by atoms with Crippen LogP contribution in [0, 0.1) is 18.3 Å². The molecule has 0 saturated heterocycles. The van der Waals surface area contributed by atoms with E-state index in [4.69, 9.17) is 22.7 Å². The highest BCUT2D eigenvalue weighted by atomic mass is 35.5. The predicted octanol–water partition coefficient (Wildman–Crippen LogP) is 5.61. The van der Waals surface area contributed by atoms with E-state index in [2.05, 4.69) is 20.9 Å². The number of nitrogens with zero attached hydrogens (tertiary/aromatic N) is 1. The van der Waals surface area contributed by atoms with Gasteiger partial charge in [-0.3, -0.25) is 14.6 Å². The number of nitrogens with two attached hydrogens (primary N) is 1. The van der Waals surface area contributed by atoms with Crippen LogP contribution in [-0.2, 0) is 11.3 Å². The summed E-state index contributed by atoms with van der Waals surface area (Å²) in [4.78, 5) is 32.1. The first-order valence-electron chi connectivity index (χ1n) is 12.3. The fourth-order valence-electron chi connectivity index (χ4n) is 4.51. The molecule has 2 aromatic heterocycles. The molecule has 6 N–H and O–H groups in total. The molecule has 0 spiro atoms. The van der Waals surface area contributed by atoms with Gasteiger partial charge in [-0.05, 0) is 55.7 Å². The summed E-state index contributed by atoms with van der Waals surface area (Å²) in [6.07, 6.45) is 7.76. The number of benzene rings is 1. The van der Waals surface area contributed by atoms with E-state index >= 15 is 0 Å². The number of pyridine rings is 1. The van der Waals surface area contributed by atoms with Crippen molar-refractivity contribution in [3.05, 3.63) is 68.6 Å². The summed E-state index contributed by atoms with van der Waals surface area (Å²) < 4.78 is 0. The van der Waals surface area contributed by atoms with E-state index in [1.54, 1.807) is 30.5 Å². The van der Waals surface area contributed by atoms with Gasteiger partial charge in [0.25, 0.3) is 5.91 Å². The summed E-state index contributed by atoms with van der Waals surface area (Å²) in [5.41, 5.74) is 9.08. The van der Waals surface area contributed by atoms with E-state index in [-0.39, 0.29) is 11.8 Å². The minimum absolute atomic E-state index is 0.271. The molecule has 10 heteroatoms. The lowest BCUT2D eigenvalue weighted by Gasteiger charge is -2.21. The maximum absolute atomic E-state index is 13.2. The van der Waals surface area contributed by atoms with Crippen LogP contribution in [0.25, 0.3) is 0 Å². The summed E-state index contributed by atoms with van der Waals surface area (Å²) in [5.74, 6) is -0.145. The highest BCUT2D eigenvalue weighted by Crippen LogP contribution is 2.29. The second kappa shape index (κ2) is 12.2. The molecule has 1 fully saturated rings. The van der Waals surface area contributed by atoms with Crippen LogP contribution in [0.4, 0.5) is 17.1 Å². The molecule has 1 saturated carbocycles. The number of anilines is 3. The Balaban J connectivity index is 1.42. The normalized spacial score (nSPS) is 14.2.